The Kier molecular flexibility index (Phi) is 3.47. The van der Waals surface area contributed by atoms with E-state index in [1.807, 2.05) is 24.3 Å². The average molecular weight is 328 g/mol. The van der Waals surface area contributed by atoms with Crippen LogP contribution in [0, 0.1) is 0 Å². The molecule has 6 nitrogen and oxygen atoms in total. The van der Waals surface area contributed by atoms with Gasteiger partial charge < -0.3 is 19.2 Å². The Balaban J connectivity index is 1.42. The van der Waals surface area contributed by atoms with Crippen molar-refractivity contribution in [2.45, 2.75) is 6.54 Å². The van der Waals surface area contributed by atoms with E-state index >= 15 is 0 Å². The lowest BCUT2D eigenvalue weighted by Crippen LogP contribution is -2.23. The molecule has 0 unspecified atom stereocenters. The molecule has 1 amide bonds. The Morgan fingerprint density at radius 2 is 2.17 bits per heavy atom. The van der Waals surface area contributed by atoms with Crippen molar-refractivity contribution in [3.8, 4) is 22.3 Å². The SMILES string of the molecule is O=C(NCc1ccc2c(c1)OCO2)c1csc(-c2ccco2)n1. The predicted octanol–water partition coefficient (Wildman–Crippen LogP) is 3.06. The molecular formula is C16H12N2O4S. The van der Waals surface area contributed by atoms with Gasteiger partial charge in [-0.05, 0) is 29.8 Å². The van der Waals surface area contributed by atoms with Crippen LogP contribution in [0.5, 0.6) is 11.5 Å². The number of amides is 1. The Morgan fingerprint density at radius 3 is 3.04 bits per heavy atom. The van der Waals surface area contributed by atoms with Crippen molar-refractivity contribution < 1.29 is 18.7 Å². The van der Waals surface area contributed by atoms with Crippen molar-refractivity contribution in [2.75, 3.05) is 6.79 Å². The number of carbonyl (C=O) groups excluding carboxylic acids is 1. The standard InChI is InChI=1S/C16H12N2O4S/c19-15(11-8-23-16(18-11)13-2-1-5-20-13)17-7-10-3-4-12-14(6-10)22-9-21-12/h1-6,8H,7,9H2,(H,17,19). The summed E-state index contributed by atoms with van der Waals surface area (Å²) in [7, 11) is 0. The molecule has 0 saturated carbocycles. The Bertz CT molecular complexity index is 842. The summed E-state index contributed by atoms with van der Waals surface area (Å²) in [6.07, 6.45) is 1.58. The largest absolute Gasteiger partial charge is 0.462 e. The number of rotatable bonds is 4. The zero-order valence-electron chi connectivity index (χ0n) is 11.9. The summed E-state index contributed by atoms with van der Waals surface area (Å²) in [6.45, 7) is 0.628. The van der Waals surface area contributed by atoms with Crippen LogP contribution in [-0.2, 0) is 6.54 Å². The molecule has 1 aromatic carbocycles. The third-order valence-corrected chi connectivity index (χ3v) is 4.22. The van der Waals surface area contributed by atoms with E-state index in [2.05, 4.69) is 10.3 Å². The molecule has 4 rings (SSSR count). The van der Waals surface area contributed by atoms with Crippen molar-refractivity contribution in [1.29, 1.82) is 0 Å². The molecule has 0 atom stereocenters. The second-order valence-corrected chi connectivity index (χ2v) is 5.74. The number of furan rings is 1. The molecule has 23 heavy (non-hydrogen) atoms. The normalized spacial score (nSPS) is 12.3. The minimum atomic E-state index is -0.225. The Hall–Kier alpha value is -2.80. The quantitative estimate of drug-likeness (QED) is 0.797. The van der Waals surface area contributed by atoms with Gasteiger partial charge in [0.1, 0.15) is 5.69 Å². The first kappa shape index (κ1) is 13.8. The van der Waals surface area contributed by atoms with Gasteiger partial charge >= 0.3 is 0 Å². The minimum absolute atomic E-state index is 0.225. The molecule has 7 heteroatoms. The van der Waals surface area contributed by atoms with Crippen molar-refractivity contribution in [1.82, 2.24) is 10.3 Å². The van der Waals surface area contributed by atoms with Gasteiger partial charge in [0.2, 0.25) is 6.79 Å². The minimum Gasteiger partial charge on any atom is -0.462 e. The summed E-state index contributed by atoms with van der Waals surface area (Å²) < 4.78 is 15.9. The van der Waals surface area contributed by atoms with Crippen LogP contribution in [0.15, 0.2) is 46.4 Å². The summed E-state index contributed by atoms with van der Waals surface area (Å²) in [5, 5.41) is 5.24. The molecular weight excluding hydrogens is 316 g/mol. The zero-order chi connectivity index (χ0) is 15.6. The number of fused-ring (bicyclic) bond motifs is 1. The maximum Gasteiger partial charge on any atom is 0.271 e. The lowest BCUT2D eigenvalue weighted by Gasteiger charge is -2.04. The number of aromatic nitrogens is 1. The van der Waals surface area contributed by atoms with Crippen LogP contribution in [0.4, 0.5) is 0 Å². The summed E-state index contributed by atoms with van der Waals surface area (Å²) in [6, 6.07) is 9.19. The molecule has 0 spiro atoms. The van der Waals surface area contributed by atoms with Gasteiger partial charge in [-0.15, -0.1) is 11.3 Å². The van der Waals surface area contributed by atoms with Gasteiger partial charge in [-0.3, -0.25) is 4.79 Å². The highest BCUT2D eigenvalue weighted by Gasteiger charge is 2.15. The van der Waals surface area contributed by atoms with E-state index in [-0.39, 0.29) is 12.7 Å². The van der Waals surface area contributed by atoms with E-state index in [1.54, 1.807) is 17.7 Å². The Labute approximate surface area is 135 Å². The first-order valence-electron chi connectivity index (χ1n) is 6.96. The fourth-order valence-electron chi connectivity index (χ4n) is 2.22. The highest BCUT2D eigenvalue weighted by atomic mass is 32.1. The molecule has 0 radical (unpaired) electrons. The van der Waals surface area contributed by atoms with Crippen LogP contribution in [0.3, 0.4) is 0 Å². The van der Waals surface area contributed by atoms with E-state index in [4.69, 9.17) is 13.9 Å². The summed E-state index contributed by atoms with van der Waals surface area (Å²) in [5.41, 5.74) is 1.31. The number of carbonyl (C=O) groups is 1. The maximum atomic E-state index is 12.2. The van der Waals surface area contributed by atoms with E-state index in [0.717, 1.165) is 11.3 Å². The third kappa shape index (κ3) is 2.78. The molecule has 1 N–H and O–H groups in total. The second-order valence-electron chi connectivity index (χ2n) is 4.89. The monoisotopic (exact) mass is 328 g/mol. The molecule has 0 fully saturated rings. The Morgan fingerprint density at radius 1 is 1.26 bits per heavy atom. The van der Waals surface area contributed by atoms with Crippen molar-refractivity contribution in [3.63, 3.8) is 0 Å². The van der Waals surface area contributed by atoms with Gasteiger partial charge in [0, 0.05) is 11.9 Å². The maximum absolute atomic E-state index is 12.2. The third-order valence-electron chi connectivity index (χ3n) is 3.36. The fourth-order valence-corrected chi connectivity index (χ4v) is 2.98. The average Bonchev–Trinajstić information content (AvgIpc) is 3.32. The van der Waals surface area contributed by atoms with Crippen LogP contribution < -0.4 is 14.8 Å². The molecule has 2 aromatic heterocycles. The van der Waals surface area contributed by atoms with Gasteiger partial charge in [0.15, 0.2) is 22.3 Å². The lowest BCUT2D eigenvalue weighted by molar-refractivity contribution is 0.0946. The summed E-state index contributed by atoms with van der Waals surface area (Å²) in [5.74, 6) is 1.86. The number of nitrogens with zero attached hydrogens (tertiary/aromatic N) is 1. The summed E-state index contributed by atoms with van der Waals surface area (Å²) >= 11 is 1.37. The van der Waals surface area contributed by atoms with E-state index < -0.39 is 0 Å². The van der Waals surface area contributed by atoms with Gasteiger partial charge in [-0.2, -0.15) is 0 Å². The number of thiazole rings is 1. The fraction of sp³-hybridized carbons (Fsp3) is 0.125. The molecule has 1 aliphatic rings. The molecule has 116 valence electrons. The zero-order valence-corrected chi connectivity index (χ0v) is 12.8. The smallest absolute Gasteiger partial charge is 0.271 e. The van der Waals surface area contributed by atoms with Gasteiger partial charge in [0.05, 0.1) is 6.26 Å². The second kappa shape index (κ2) is 5.77. The molecule has 1 aliphatic heterocycles. The van der Waals surface area contributed by atoms with E-state index in [0.29, 0.717) is 28.8 Å². The van der Waals surface area contributed by atoms with Crippen LogP contribution in [0.1, 0.15) is 16.1 Å². The topological polar surface area (TPSA) is 73.6 Å². The van der Waals surface area contributed by atoms with Crippen LogP contribution in [0.25, 0.3) is 10.8 Å². The van der Waals surface area contributed by atoms with Crippen LogP contribution >= 0.6 is 11.3 Å². The van der Waals surface area contributed by atoms with Gasteiger partial charge in [-0.25, -0.2) is 4.98 Å². The van der Waals surface area contributed by atoms with E-state index in [9.17, 15) is 4.79 Å². The lowest BCUT2D eigenvalue weighted by atomic mass is 10.2. The van der Waals surface area contributed by atoms with Crippen LogP contribution in [-0.4, -0.2) is 17.7 Å². The number of nitrogens with one attached hydrogen (secondary N) is 1. The molecule has 3 heterocycles. The number of hydrogen-bond acceptors (Lipinski definition) is 6. The molecule has 3 aromatic rings. The first-order chi connectivity index (χ1) is 11.3. The van der Waals surface area contributed by atoms with Crippen molar-refractivity contribution in [2.24, 2.45) is 0 Å². The van der Waals surface area contributed by atoms with E-state index in [1.165, 1.54) is 11.3 Å². The predicted molar refractivity (Wildman–Crippen MR) is 83.6 cm³/mol. The molecule has 0 saturated heterocycles. The molecule has 0 aliphatic carbocycles. The van der Waals surface area contributed by atoms with Gasteiger partial charge in [0.25, 0.3) is 5.91 Å². The first-order valence-corrected chi connectivity index (χ1v) is 7.84. The number of hydrogen-bond donors (Lipinski definition) is 1. The highest BCUT2D eigenvalue weighted by molar-refractivity contribution is 7.13. The molecule has 0 bridgehead atoms. The summed E-state index contributed by atoms with van der Waals surface area (Å²) in [4.78, 5) is 16.5. The highest BCUT2D eigenvalue weighted by Crippen LogP contribution is 2.32. The number of benzene rings is 1. The van der Waals surface area contributed by atoms with Crippen molar-refractivity contribution in [3.05, 3.63) is 53.2 Å². The van der Waals surface area contributed by atoms with Crippen molar-refractivity contribution >= 4 is 17.2 Å². The number of ether oxygens (including phenoxy) is 2. The van der Waals surface area contributed by atoms with Crippen LogP contribution in [0.2, 0.25) is 0 Å². The van der Waals surface area contributed by atoms with Gasteiger partial charge in [-0.1, -0.05) is 6.07 Å².